The van der Waals surface area contributed by atoms with Gasteiger partial charge in [-0.1, -0.05) is 35.5 Å². The Bertz CT molecular complexity index is 713. The number of carbonyl (C=O) groups excluding carboxylic acids is 1. The Morgan fingerprint density at radius 3 is 2.65 bits per heavy atom. The van der Waals surface area contributed by atoms with Crippen LogP contribution >= 0.6 is 0 Å². The van der Waals surface area contributed by atoms with E-state index in [1.54, 1.807) is 17.1 Å². The average molecular weight is 353 g/mol. The molecule has 0 bridgehead atoms. The minimum Gasteiger partial charge on any atom is -0.340 e. The Hall–Kier alpha value is -2.21. The van der Waals surface area contributed by atoms with Gasteiger partial charge in [-0.15, -0.1) is 5.10 Å². The summed E-state index contributed by atoms with van der Waals surface area (Å²) < 4.78 is 1.62. The molecule has 1 aromatic heterocycles. The summed E-state index contributed by atoms with van der Waals surface area (Å²) in [6.07, 6.45) is 8.14. The summed E-state index contributed by atoms with van der Waals surface area (Å²) in [6, 6.07) is 10.7. The molecule has 1 aromatic carbocycles. The molecule has 138 valence electrons. The smallest absolute Gasteiger partial charge is 0.244 e. The zero-order chi connectivity index (χ0) is 17.8. The summed E-state index contributed by atoms with van der Waals surface area (Å²) in [6.45, 7) is 5.30. The topological polar surface area (TPSA) is 54.3 Å². The summed E-state index contributed by atoms with van der Waals surface area (Å²) in [7, 11) is 0. The van der Waals surface area contributed by atoms with Gasteiger partial charge in [-0.05, 0) is 37.8 Å². The normalized spacial score (nSPS) is 24.1. The molecule has 26 heavy (non-hydrogen) atoms. The van der Waals surface area contributed by atoms with Crippen molar-refractivity contribution < 1.29 is 4.79 Å². The Balaban J connectivity index is 1.39. The van der Waals surface area contributed by atoms with Gasteiger partial charge >= 0.3 is 0 Å². The van der Waals surface area contributed by atoms with E-state index < -0.39 is 0 Å². The fraction of sp³-hybridized carbons (Fsp3) is 0.550. The SMILES string of the molecule is O=C(Cn1ccnn1)N1CCC[C@@]2(CCCN(Cc3ccccc3)C2)C1. The van der Waals surface area contributed by atoms with Crippen LogP contribution in [-0.2, 0) is 17.9 Å². The molecule has 2 saturated heterocycles. The zero-order valence-electron chi connectivity index (χ0n) is 15.3. The van der Waals surface area contributed by atoms with Crippen LogP contribution in [0, 0.1) is 5.41 Å². The predicted molar refractivity (Wildman–Crippen MR) is 99.2 cm³/mol. The van der Waals surface area contributed by atoms with E-state index in [0.29, 0.717) is 6.54 Å². The standard InChI is InChI=1S/C20H27N5O/c26-19(15-25-13-10-21-22-25)24-12-5-9-20(17-24)8-4-11-23(16-20)14-18-6-2-1-3-7-18/h1-3,6-7,10,13H,4-5,8-9,11-12,14-17H2/t20-/m1/s1. The summed E-state index contributed by atoms with van der Waals surface area (Å²) >= 11 is 0. The number of hydrogen-bond acceptors (Lipinski definition) is 4. The molecule has 6 heteroatoms. The van der Waals surface area contributed by atoms with Crippen LogP contribution in [0.5, 0.6) is 0 Å². The predicted octanol–water partition coefficient (Wildman–Crippen LogP) is 2.18. The number of carbonyl (C=O) groups is 1. The lowest BCUT2D eigenvalue weighted by Crippen LogP contribution is -2.53. The minimum absolute atomic E-state index is 0.162. The Morgan fingerprint density at radius 2 is 1.88 bits per heavy atom. The van der Waals surface area contributed by atoms with Crippen molar-refractivity contribution in [2.24, 2.45) is 5.41 Å². The number of aromatic nitrogens is 3. The van der Waals surface area contributed by atoms with Crippen LogP contribution in [0.3, 0.4) is 0 Å². The van der Waals surface area contributed by atoms with Gasteiger partial charge in [-0.2, -0.15) is 0 Å². The number of amides is 1. The van der Waals surface area contributed by atoms with Crippen molar-refractivity contribution in [2.75, 3.05) is 26.2 Å². The van der Waals surface area contributed by atoms with Gasteiger partial charge in [-0.25, -0.2) is 4.68 Å². The van der Waals surface area contributed by atoms with E-state index in [1.807, 2.05) is 0 Å². The van der Waals surface area contributed by atoms with Gasteiger partial charge < -0.3 is 4.90 Å². The van der Waals surface area contributed by atoms with Gasteiger partial charge in [0, 0.05) is 37.8 Å². The molecule has 0 aliphatic carbocycles. The first kappa shape index (κ1) is 17.2. The molecular formula is C20H27N5O. The van der Waals surface area contributed by atoms with Gasteiger partial charge in [0.05, 0.1) is 6.20 Å². The number of hydrogen-bond donors (Lipinski definition) is 0. The van der Waals surface area contributed by atoms with Crippen LogP contribution in [0.2, 0.25) is 0 Å². The quantitative estimate of drug-likeness (QED) is 0.845. The first-order chi connectivity index (χ1) is 12.7. The van der Waals surface area contributed by atoms with E-state index in [1.165, 1.54) is 24.8 Å². The maximum atomic E-state index is 12.7. The van der Waals surface area contributed by atoms with Crippen LogP contribution in [0.1, 0.15) is 31.2 Å². The Kier molecular flexibility index (Phi) is 5.02. The van der Waals surface area contributed by atoms with Crippen molar-refractivity contribution in [3.63, 3.8) is 0 Å². The van der Waals surface area contributed by atoms with Crippen molar-refractivity contribution in [3.05, 3.63) is 48.3 Å². The van der Waals surface area contributed by atoms with Crippen LogP contribution in [0.4, 0.5) is 0 Å². The van der Waals surface area contributed by atoms with Crippen LogP contribution in [0.15, 0.2) is 42.7 Å². The lowest BCUT2D eigenvalue weighted by molar-refractivity contribution is -0.136. The van der Waals surface area contributed by atoms with Gasteiger partial charge in [0.15, 0.2) is 0 Å². The summed E-state index contributed by atoms with van der Waals surface area (Å²) in [4.78, 5) is 17.3. The fourth-order valence-corrected chi connectivity index (χ4v) is 4.60. The third kappa shape index (κ3) is 3.96. The van der Waals surface area contributed by atoms with E-state index >= 15 is 0 Å². The van der Waals surface area contributed by atoms with Gasteiger partial charge in [0.1, 0.15) is 6.54 Å². The second-order valence-corrected chi connectivity index (χ2v) is 7.82. The van der Waals surface area contributed by atoms with E-state index in [0.717, 1.165) is 39.1 Å². The molecule has 0 unspecified atom stereocenters. The zero-order valence-corrected chi connectivity index (χ0v) is 15.3. The second kappa shape index (κ2) is 7.58. The van der Waals surface area contributed by atoms with Crippen LogP contribution in [0.25, 0.3) is 0 Å². The van der Waals surface area contributed by atoms with E-state index in [-0.39, 0.29) is 11.3 Å². The maximum absolute atomic E-state index is 12.7. The third-order valence-electron chi connectivity index (χ3n) is 5.77. The fourth-order valence-electron chi connectivity index (χ4n) is 4.60. The van der Waals surface area contributed by atoms with Crippen molar-refractivity contribution in [1.82, 2.24) is 24.8 Å². The van der Waals surface area contributed by atoms with Crippen molar-refractivity contribution >= 4 is 5.91 Å². The largest absolute Gasteiger partial charge is 0.340 e. The molecule has 1 amide bonds. The van der Waals surface area contributed by atoms with E-state index in [9.17, 15) is 4.79 Å². The number of likely N-dealkylation sites (tertiary alicyclic amines) is 2. The Labute approximate surface area is 154 Å². The first-order valence-electron chi connectivity index (χ1n) is 9.61. The van der Waals surface area contributed by atoms with Gasteiger partial charge in [0.25, 0.3) is 0 Å². The van der Waals surface area contributed by atoms with E-state index in [4.69, 9.17) is 0 Å². The number of nitrogens with zero attached hydrogens (tertiary/aromatic N) is 5. The lowest BCUT2D eigenvalue weighted by atomic mass is 9.73. The summed E-state index contributed by atoms with van der Waals surface area (Å²) in [5.74, 6) is 0.162. The molecule has 4 rings (SSSR count). The van der Waals surface area contributed by atoms with E-state index in [2.05, 4.69) is 50.4 Å². The van der Waals surface area contributed by atoms with Gasteiger partial charge in [-0.3, -0.25) is 9.69 Å². The highest BCUT2D eigenvalue weighted by atomic mass is 16.2. The van der Waals surface area contributed by atoms with Crippen LogP contribution < -0.4 is 0 Å². The van der Waals surface area contributed by atoms with Crippen molar-refractivity contribution in [1.29, 1.82) is 0 Å². The van der Waals surface area contributed by atoms with Crippen molar-refractivity contribution in [2.45, 2.75) is 38.8 Å². The molecule has 1 atom stereocenters. The molecule has 0 saturated carbocycles. The minimum atomic E-state index is 0.162. The highest BCUT2D eigenvalue weighted by Crippen LogP contribution is 2.39. The molecule has 2 aliphatic rings. The number of piperidine rings is 2. The molecule has 0 N–H and O–H groups in total. The monoisotopic (exact) mass is 353 g/mol. The van der Waals surface area contributed by atoms with Gasteiger partial charge in [0.2, 0.25) is 5.91 Å². The molecule has 2 aliphatic heterocycles. The number of benzene rings is 1. The highest BCUT2D eigenvalue weighted by Gasteiger charge is 2.40. The lowest BCUT2D eigenvalue weighted by Gasteiger charge is -2.48. The summed E-state index contributed by atoms with van der Waals surface area (Å²) in [5, 5.41) is 7.71. The molecule has 2 aromatic rings. The number of rotatable bonds is 4. The Morgan fingerprint density at radius 1 is 1.08 bits per heavy atom. The van der Waals surface area contributed by atoms with Crippen molar-refractivity contribution in [3.8, 4) is 0 Å². The molecule has 6 nitrogen and oxygen atoms in total. The third-order valence-corrected chi connectivity index (χ3v) is 5.77. The molecule has 0 radical (unpaired) electrons. The molecule has 2 fully saturated rings. The molecule has 1 spiro atoms. The second-order valence-electron chi connectivity index (χ2n) is 7.82. The first-order valence-corrected chi connectivity index (χ1v) is 9.61. The average Bonchev–Trinajstić information content (AvgIpc) is 3.16. The highest BCUT2D eigenvalue weighted by molar-refractivity contribution is 5.76. The maximum Gasteiger partial charge on any atom is 0.244 e. The molecule has 3 heterocycles. The molecular weight excluding hydrogens is 326 g/mol. The summed E-state index contributed by atoms with van der Waals surface area (Å²) in [5.41, 5.74) is 1.63. The van der Waals surface area contributed by atoms with Crippen LogP contribution in [-0.4, -0.2) is 56.9 Å².